The van der Waals surface area contributed by atoms with Gasteiger partial charge in [0.25, 0.3) is 0 Å². The van der Waals surface area contributed by atoms with Crippen LogP contribution in [0, 0.1) is 18.8 Å². The SMILES string of the molecule is CNC(=O)CCC(C)SSCCC(=O)N(C)[C@@H](C)C(=O)O[C@H]1CC(=O)N(C)c2cc(cc(C)c2Cl)C/C(C)=C/C=C/[C@@H](C)[C@@]2(O)C[C@H](OC(=O)N2)[C@@H](C)[C@@H]2O[C@@]12C. The van der Waals surface area contributed by atoms with Crippen LogP contribution in [0.4, 0.5) is 10.5 Å². The summed E-state index contributed by atoms with van der Waals surface area (Å²) in [5.74, 6) is -1.79. The highest BCUT2D eigenvalue weighted by Crippen LogP contribution is 2.49. The van der Waals surface area contributed by atoms with Gasteiger partial charge in [-0.3, -0.25) is 19.7 Å². The molecule has 0 spiro atoms. The zero-order valence-corrected chi connectivity index (χ0v) is 37.1. The number of ether oxygens (including phenoxy) is 3. The number of hydrogen-bond acceptors (Lipinski definition) is 11. The predicted octanol–water partition coefficient (Wildman–Crippen LogP) is 6.12. The van der Waals surface area contributed by atoms with Gasteiger partial charge in [-0.2, -0.15) is 0 Å². The van der Waals surface area contributed by atoms with Gasteiger partial charge in [0.05, 0.1) is 23.2 Å². The zero-order chi connectivity index (χ0) is 42.4. The van der Waals surface area contributed by atoms with Crippen LogP contribution in [-0.4, -0.2) is 108 Å². The lowest BCUT2D eigenvalue weighted by Gasteiger charge is -2.41. The Labute approximate surface area is 349 Å². The van der Waals surface area contributed by atoms with Crippen LogP contribution >= 0.6 is 33.2 Å². The van der Waals surface area contributed by atoms with E-state index in [-0.39, 0.29) is 42.2 Å². The van der Waals surface area contributed by atoms with Crippen LogP contribution in [0.3, 0.4) is 0 Å². The number of hydrogen-bond donors (Lipinski definition) is 3. The molecular weight excluding hydrogens is 792 g/mol. The van der Waals surface area contributed by atoms with Gasteiger partial charge < -0.3 is 34.4 Å². The van der Waals surface area contributed by atoms with Crippen molar-refractivity contribution in [3.63, 3.8) is 0 Å². The molecule has 0 radical (unpaired) electrons. The van der Waals surface area contributed by atoms with Gasteiger partial charge in [-0.05, 0) is 57.7 Å². The lowest BCUT2D eigenvalue weighted by molar-refractivity contribution is -0.161. The Balaban J connectivity index is 1.57. The fraction of sp³-hybridized carbons (Fsp3) is 0.634. The lowest BCUT2D eigenvalue weighted by Crippen LogP contribution is -2.60. The molecule has 3 heterocycles. The van der Waals surface area contributed by atoms with Crippen molar-refractivity contribution in [2.24, 2.45) is 11.8 Å². The molecule has 4 rings (SSSR count). The molecule has 0 aromatic heterocycles. The summed E-state index contributed by atoms with van der Waals surface area (Å²) < 4.78 is 18.1. The molecule has 1 aromatic rings. The largest absolute Gasteiger partial charge is 0.457 e. The second-order valence-corrected chi connectivity index (χ2v) is 19.1. The molecule has 3 aliphatic heterocycles. The number of nitrogens with one attached hydrogen (secondary N) is 2. The van der Waals surface area contributed by atoms with E-state index >= 15 is 0 Å². The van der Waals surface area contributed by atoms with E-state index < -0.39 is 59.6 Å². The minimum absolute atomic E-state index is 0.0114. The summed E-state index contributed by atoms with van der Waals surface area (Å²) in [5.41, 5.74) is 0.462. The minimum Gasteiger partial charge on any atom is -0.457 e. The van der Waals surface area contributed by atoms with Crippen molar-refractivity contribution in [2.75, 3.05) is 31.8 Å². The molecule has 16 heteroatoms. The normalized spacial score (nSPS) is 30.4. The van der Waals surface area contributed by atoms with Gasteiger partial charge in [0.15, 0.2) is 0 Å². The number of aryl methyl sites for hydroxylation is 1. The summed E-state index contributed by atoms with van der Waals surface area (Å²) in [7, 11) is 7.93. The quantitative estimate of drug-likeness (QED) is 0.102. The number of epoxide rings is 1. The third kappa shape index (κ3) is 11.7. The number of alkyl carbamates (subject to hydrolysis) is 1. The molecule has 1 aromatic carbocycles. The molecule has 0 aliphatic carbocycles. The standard InChI is InChI=1S/C41H59ClN4O9S2/c1-23-12-11-13-25(3)41(52)22-31(53-39(51)44-41)27(5)37-40(7,55-37)32(21-35(49)46(10)30-20-29(18-23)19-24(2)36(30)42)54-38(50)28(6)45(9)34(48)16-17-56-57-26(4)14-15-33(47)43-8/h11-13,19-20,25-28,31-32,37,52H,14-18,21-22H2,1-10H3,(H,43,47)(H,44,51)/b13-11+,23-12+/t25-,26?,27-,28+,31+,32+,37+,40+,41+/m1/s1. The molecule has 316 valence electrons. The van der Waals surface area contributed by atoms with Gasteiger partial charge in [0, 0.05) is 63.2 Å². The summed E-state index contributed by atoms with van der Waals surface area (Å²) in [6, 6.07) is 2.86. The van der Waals surface area contributed by atoms with Crippen LogP contribution in [0.2, 0.25) is 5.02 Å². The third-order valence-corrected chi connectivity index (χ3v) is 14.8. The molecule has 0 saturated carbocycles. The van der Waals surface area contributed by atoms with Crippen LogP contribution in [0.5, 0.6) is 0 Å². The molecule has 4 amide bonds. The van der Waals surface area contributed by atoms with Crippen LogP contribution < -0.4 is 15.5 Å². The summed E-state index contributed by atoms with van der Waals surface area (Å²) in [6.07, 6.45) is 4.08. The van der Waals surface area contributed by atoms with Crippen molar-refractivity contribution in [1.82, 2.24) is 15.5 Å². The third-order valence-electron chi connectivity index (χ3n) is 11.4. The van der Waals surface area contributed by atoms with E-state index in [1.165, 1.54) is 20.6 Å². The number of benzene rings is 1. The van der Waals surface area contributed by atoms with Gasteiger partial charge >= 0.3 is 12.1 Å². The summed E-state index contributed by atoms with van der Waals surface area (Å²) in [5, 5.41) is 17.6. The molecule has 4 bridgehead atoms. The van der Waals surface area contributed by atoms with Crippen molar-refractivity contribution in [2.45, 2.75) is 128 Å². The Morgan fingerprint density at radius 2 is 1.89 bits per heavy atom. The van der Waals surface area contributed by atoms with E-state index in [1.807, 2.05) is 65.0 Å². The smallest absolute Gasteiger partial charge is 0.409 e. The van der Waals surface area contributed by atoms with Gasteiger partial charge in [-0.1, -0.05) is 83.8 Å². The number of anilines is 1. The van der Waals surface area contributed by atoms with E-state index in [0.717, 1.165) is 16.7 Å². The number of fused-ring (bicyclic) bond motifs is 5. The Morgan fingerprint density at radius 3 is 2.58 bits per heavy atom. The number of aliphatic hydroxyl groups is 1. The zero-order valence-electron chi connectivity index (χ0n) is 34.7. The monoisotopic (exact) mass is 850 g/mol. The number of rotatable bonds is 11. The summed E-state index contributed by atoms with van der Waals surface area (Å²) in [6.45, 7) is 12.9. The van der Waals surface area contributed by atoms with Crippen LogP contribution in [-0.2, 0) is 39.8 Å². The fourth-order valence-corrected chi connectivity index (χ4v) is 9.70. The minimum atomic E-state index is -1.61. The fourth-order valence-electron chi connectivity index (χ4n) is 7.14. The average molecular weight is 852 g/mol. The Morgan fingerprint density at radius 1 is 1.19 bits per heavy atom. The number of carbonyl (C=O) groups excluding carboxylic acids is 5. The Bertz CT molecular complexity index is 1750. The van der Waals surface area contributed by atoms with Crippen molar-refractivity contribution >= 4 is 68.7 Å². The Kier molecular flexibility index (Phi) is 16.0. The van der Waals surface area contributed by atoms with Gasteiger partial charge in [0.1, 0.15) is 29.6 Å². The van der Waals surface area contributed by atoms with Crippen LogP contribution in [0.15, 0.2) is 35.9 Å². The first-order valence-corrected chi connectivity index (χ1v) is 22.2. The number of halogens is 1. The highest BCUT2D eigenvalue weighted by Gasteiger charge is 2.64. The van der Waals surface area contributed by atoms with Crippen molar-refractivity contribution < 1.29 is 43.3 Å². The second-order valence-electron chi connectivity index (χ2n) is 15.8. The maximum absolute atomic E-state index is 14.2. The molecule has 3 N–H and O–H groups in total. The number of amides is 4. The lowest BCUT2D eigenvalue weighted by atomic mass is 9.82. The molecule has 9 atom stereocenters. The van der Waals surface area contributed by atoms with Crippen molar-refractivity contribution in [1.29, 1.82) is 0 Å². The number of esters is 1. The van der Waals surface area contributed by atoms with Crippen LogP contribution in [0.25, 0.3) is 0 Å². The number of nitrogens with zero attached hydrogens (tertiary/aromatic N) is 2. The molecule has 1 unspecified atom stereocenters. The van der Waals surface area contributed by atoms with E-state index in [0.29, 0.717) is 35.7 Å². The highest BCUT2D eigenvalue weighted by molar-refractivity contribution is 8.76. The van der Waals surface area contributed by atoms with E-state index in [2.05, 4.69) is 10.6 Å². The van der Waals surface area contributed by atoms with Gasteiger partial charge in [0.2, 0.25) is 17.7 Å². The summed E-state index contributed by atoms with van der Waals surface area (Å²) >= 11 is 6.79. The average Bonchev–Trinajstić information content (AvgIpc) is 3.86. The predicted molar refractivity (Wildman–Crippen MR) is 225 cm³/mol. The molecule has 2 fully saturated rings. The highest BCUT2D eigenvalue weighted by atomic mass is 35.5. The first-order chi connectivity index (χ1) is 26.7. The number of likely N-dealkylation sites (N-methyl/N-ethyl adjacent to an activating group) is 1. The van der Waals surface area contributed by atoms with Crippen molar-refractivity contribution in [3.8, 4) is 0 Å². The molecule has 13 nitrogen and oxygen atoms in total. The van der Waals surface area contributed by atoms with Crippen molar-refractivity contribution in [3.05, 3.63) is 52.1 Å². The number of allylic oxidation sites excluding steroid dienone is 3. The topological polar surface area (TPSA) is 167 Å². The first-order valence-electron chi connectivity index (χ1n) is 19.4. The van der Waals surface area contributed by atoms with Crippen LogP contribution in [0.1, 0.15) is 84.8 Å². The molecule has 3 aliphatic rings. The maximum Gasteiger partial charge on any atom is 0.409 e. The molecule has 2 saturated heterocycles. The van der Waals surface area contributed by atoms with Gasteiger partial charge in [-0.15, -0.1) is 0 Å². The number of carbonyl (C=O) groups is 5. The first kappa shape index (κ1) is 46.4. The molecular formula is C41H59ClN4O9S2. The Hall–Kier alpha value is -3.24. The van der Waals surface area contributed by atoms with E-state index in [4.69, 9.17) is 25.8 Å². The van der Waals surface area contributed by atoms with E-state index in [9.17, 15) is 29.1 Å². The second kappa shape index (κ2) is 19.7. The van der Waals surface area contributed by atoms with Gasteiger partial charge in [-0.25, -0.2) is 9.59 Å². The van der Waals surface area contributed by atoms with E-state index in [1.54, 1.807) is 45.8 Å². The molecule has 57 heavy (non-hydrogen) atoms. The summed E-state index contributed by atoms with van der Waals surface area (Å²) in [4.78, 5) is 68.4. The maximum atomic E-state index is 14.2.